The first-order valence-electron chi connectivity index (χ1n) is 8.41. The summed E-state index contributed by atoms with van der Waals surface area (Å²) in [6.07, 6.45) is 0.905. The zero-order chi connectivity index (χ0) is 18.1. The molecular weight excluding hydrogens is 335 g/mol. The number of halogens is 1. The van der Waals surface area contributed by atoms with Crippen LogP contribution in [0.5, 0.6) is 5.75 Å². The molecule has 0 spiro atoms. The van der Waals surface area contributed by atoms with Gasteiger partial charge < -0.3 is 14.5 Å². The zero-order valence-corrected chi connectivity index (χ0v) is 13.9. The highest BCUT2D eigenvalue weighted by Gasteiger charge is 2.30. The summed E-state index contributed by atoms with van der Waals surface area (Å²) >= 11 is 0. The Bertz CT molecular complexity index is 939. The Hall–Kier alpha value is -3.15. The van der Waals surface area contributed by atoms with Crippen molar-refractivity contribution in [3.05, 3.63) is 71.7 Å². The van der Waals surface area contributed by atoms with E-state index < -0.39 is 11.6 Å². The molecule has 26 heavy (non-hydrogen) atoms. The number of likely N-dealkylation sites (tertiary alicyclic amines) is 1. The number of nitrogens with zero attached hydrogens (tertiary/aromatic N) is 2. The van der Waals surface area contributed by atoms with Gasteiger partial charge in [0, 0.05) is 30.6 Å². The van der Waals surface area contributed by atoms with Gasteiger partial charge in [0.2, 0.25) is 5.76 Å². The molecule has 1 unspecified atom stereocenters. The molecule has 1 aromatic heterocycles. The number of carbonyl (C=O) groups excluding carboxylic acids is 1. The van der Waals surface area contributed by atoms with Crippen molar-refractivity contribution in [2.24, 2.45) is 0 Å². The maximum atomic E-state index is 13.2. The summed E-state index contributed by atoms with van der Waals surface area (Å²) in [5, 5.41) is 13.3. The first-order chi connectivity index (χ1) is 12.6. The normalized spacial score (nSPS) is 16.8. The van der Waals surface area contributed by atoms with Crippen LogP contribution in [0.2, 0.25) is 0 Å². The highest BCUT2D eigenvalue weighted by Crippen LogP contribution is 2.29. The van der Waals surface area contributed by atoms with Crippen molar-refractivity contribution >= 4 is 5.91 Å². The minimum Gasteiger partial charge on any atom is -0.505 e. The molecule has 1 amide bonds. The molecule has 1 fully saturated rings. The fourth-order valence-electron chi connectivity index (χ4n) is 3.28. The van der Waals surface area contributed by atoms with Crippen LogP contribution in [0.15, 0.2) is 59.1 Å². The molecule has 3 aromatic rings. The molecule has 4 rings (SSSR count). The molecule has 1 aliphatic rings. The van der Waals surface area contributed by atoms with Crippen molar-refractivity contribution in [2.45, 2.75) is 12.3 Å². The minimum atomic E-state index is -0.711. The van der Waals surface area contributed by atoms with E-state index in [2.05, 4.69) is 17.3 Å². The number of carbonyl (C=O) groups is 1. The van der Waals surface area contributed by atoms with Crippen LogP contribution in [-0.4, -0.2) is 34.2 Å². The fourth-order valence-corrected chi connectivity index (χ4v) is 3.28. The monoisotopic (exact) mass is 352 g/mol. The van der Waals surface area contributed by atoms with Gasteiger partial charge >= 0.3 is 0 Å². The Morgan fingerprint density at radius 1 is 1.19 bits per heavy atom. The summed E-state index contributed by atoms with van der Waals surface area (Å²) in [6, 6.07) is 15.5. The zero-order valence-electron chi connectivity index (χ0n) is 13.9. The molecule has 2 heterocycles. The van der Waals surface area contributed by atoms with E-state index in [0.29, 0.717) is 30.3 Å². The molecule has 0 bridgehead atoms. The SMILES string of the molecule is O=C(c1cc(-c2ccc(F)c(O)c2)no1)N1CCC(c2ccccc2)C1. The van der Waals surface area contributed by atoms with E-state index in [1.807, 2.05) is 18.2 Å². The van der Waals surface area contributed by atoms with Crippen LogP contribution in [0.1, 0.15) is 28.5 Å². The third-order valence-electron chi connectivity index (χ3n) is 4.71. The maximum absolute atomic E-state index is 13.2. The Morgan fingerprint density at radius 2 is 2.00 bits per heavy atom. The highest BCUT2D eigenvalue weighted by atomic mass is 19.1. The molecule has 0 saturated carbocycles. The Balaban J connectivity index is 1.49. The van der Waals surface area contributed by atoms with Gasteiger partial charge in [0.05, 0.1) is 0 Å². The molecule has 0 aliphatic carbocycles. The molecule has 2 aromatic carbocycles. The minimum absolute atomic E-state index is 0.137. The van der Waals surface area contributed by atoms with E-state index in [-0.39, 0.29) is 11.7 Å². The summed E-state index contributed by atoms with van der Waals surface area (Å²) in [4.78, 5) is 14.4. The van der Waals surface area contributed by atoms with E-state index in [1.165, 1.54) is 23.8 Å². The summed E-state index contributed by atoms with van der Waals surface area (Å²) in [6.45, 7) is 1.29. The second-order valence-corrected chi connectivity index (χ2v) is 6.39. The van der Waals surface area contributed by atoms with Crippen LogP contribution in [0.3, 0.4) is 0 Å². The molecule has 6 heteroatoms. The average molecular weight is 352 g/mol. The number of rotatable bonds is 3. The van der Waals surface area contributed by atoms with Gasteiger partial charge in [0.25, 0.3) is 5.91 Å². The van der Waals surface area contributed by atoms with E-state index in [4.69, 9.17) is 4.52 Å². The van der Waals surface area contributed by atoms with Crippen molar-refractivity contribution in [3.63, 3.8) is 0 Å². The smallest absolute Gasteiger partial charge is 0.292 e. The van der Waals surface area contributed by atoms with Gasteiger partial charge in [0.1, 0.15) is 5.69 Å². The molecule has 132 valence electrons. The number of hydrogen-bond donors (Lipinski definition) is 1. The third kappa shape index (κ3) is 3.06. The lowest BCUT2D eigenvalue weighted by atomic mass is 9.99. The number of phenols is 1. The van der Waals surface area contributed by atoms with Gasteiger partial charge in [0.15, 0.2) is 11.6 Å². The van der Waals surface area contributed by atoms with Crippen LogP contribution in [-0.2, 0) is 0 Å². The van der Waals surface area contributed by atoms with E-state index in [1.54, 1.807) is 4.90 Å². The Kier molecular flexibility index (Phi) is 4.16. The van der Waals surface area contributed by atoms with Crippen LogP contribution in [0.25, 0.3) is 11.3 Å². The number of phenolic OH excluding ortho intramolecular Hbond substituents is 1. The maximum Gasteiger partial charge on any atom is 0.292 e. The predicted molar refractivity (Wildman–Crippen MR) is 93.3 cm³/mol. The van der Waals surface area contributed by atoms with E-state index >= 15 is 0 Å². The number of aromatic nitrogens is 1. The molecule has 5 nitrogen and oxygen atoms in total. The van der Waals surface area contributed by atoms with Crippen LogP contribution in [0.4, 0.5) is 4.39 Å². The number of hydrogen-bond acceptors (Lipinski definition) is 4. The topological polar surface area (TPSA) is 66.6 Å². The Morgan fingerprint density at radius 3 is 2.77 bits per heavy atom. The molecular formula is C20H17FN2O3. The van der Waals surface area contributed by atoms with Gasteiger partial charge in [-0.05, 0) is 30.2 Å². The van der Waals surface area contributed by atoms with Crippen molar-refractivity contribution in [1.82, 2.24) is 10.1 Å². The summed E-state index contributed by atoms with van der Waals surface area (Å²) in [5.41, 5.74) is 2.08. The average Bonchev–Trinajstić information content (AvgIpc) is 3.34. The second-order valence-electron chi connectivity index (χ2n) is 6.39. The molecule has 1 N–H and O–H groups in total. The van der Waals surface area contributed by atoms with E-state index in [0.717, 1.165) is 12.5 Å². The molecule has 1 saturated heterocycles. The van der Waals surface area contributed by atoms with Crippen LogP contribution < -0.4 is 0 Å². The van der Waals surface area contributed by atoms with E-state index in [9.17, 15) is 14.3 Å². The van der Waals surface area contributed by atoms with Crippen molar-refractivity contribution < 1.29 is 18.8 Å². The van der Waals surface area contributed by atoms with Crippen molar-refractivity contribution in [3.8, 4) is 17.0 Å². The lowest BCUT2D eigenvalue weighted by Crippen LogP contribution is -2.28. The van der Waals surface area contributed by atoms with Gasteiger partial charge in [-0.3, -0.25) is 4.79 Å². The quantitative estimate of drug-likeness (QED) is 0.778. The summed E-state index contributed by atoms with van der Waals surface area (Å²) in [5.74, 6) is -0.941. The van der Waals surface area contributed by atoms with Gasteiger partial charge in [-0.1, -0.05) is 35.5 Å². The lowest BCUT2D eigenvalue weighted by Gasteiger charge is -2.14. The van der Waals surface area contributed by atoms with Crippen molar-refractivity contribution in [2.75, 3.05) is 13.1 Å². The van der Waals surface area contributed by atoms with Gasteiger partial charge in [-0.2, -0.15) is 0 Å². The first-order valence-corrected chi connectivity index (χ1v) is 8.41. The number of amides is 1. The van der Waals surface area contributed by atoms with Crippen LogP contribution in [0, 0.1) is 5.82 Å². The van der Waals surface area contributed by atoms with Gasteiger partial charge in [-0.15, -0.1) is 0 Å². The fraction of sp³-hybridized carbons (Fsp3) is 0.200. The second kappa shape index (κ2) is 6.63. The summed E-state index contributed by atoms with van der Waals surface area (Å²) < 4.78 is 18.4. The predicted octanol–water partition coefficient (Wildman–Crippen LogP) is 3.82. The number of benzene rings is 2. The number of aromatic hydroxyl groups is 1. The molecule has 1 aliphatic heterocycles. The van der Waals surface area contributed by atoms with Crippen molar-refractivity contribution in [1.29, 1.82) is 0 Å². The first kappa shape index (κ1) is 16.3. The molecule has 1 atom stereocenters. The standard InChI is InChI=1S/C20H17FN2O3/c21-16-7-6-14(10-18(16)24)17-11-19(26-22-17)20(25)23-9-8-15(12-23)13-4-2-1-3-5-13/h1-7,10-11,15,24H,8-9,12H2. The Labute approximate surface area is 149 Å². The highest BCUT2D eigenvalue weighted by molar-refractivity contribution is 5.92. The molecule has 0 radical (unpaired) electrons. The van der Waals surface area contributed by atoms with Gasteiger partial charge in [-0.25, -0.2) is 4.39 Å². The van der Waals surface area contributed by atoms with Crippen LogP contribution >= 0.6 is 0 Å². The summed E-state index contributed by atoms with van der Waals surface area (Å²) in [7, 11) is 0. The lowest BCUT2D eigenvalue weighted by molar-refractivity contribution is 0.0749. The third-order valence-corrected chi connectivity index (χ3v) is 4.71. The largest absolute Gasteiger partial charge is 0.505 e.